The van der Waals surface area contributed by atoms with Crippen LogP contribution in [-0.4, -0.2) is 52.1 Å². The number of piperidine rings is 1. The van der Waals surface area contributed by atoms with Crippen LogP contribution in [0.25, 0.3) is 0 Å². The fourth-order valence-corrected chi connectivity index (χ4v) is 3.86. The summed E-state index contributed by atoms with van der Waals surface area (Å²) in [4.78, 5) is 3.54. The summed E-state index contributed by atoms with van der Waals surface area (Å²) in [5.41, 5.74) is -4.56. The number of hydrogen-bond donors (Lipinski definition) is 0. The summed E-state index contributed by atoms with van der Waals surface area (Å²) in [6.45, 7) is 4.05. The largest absolute Gasteiger partial charge is 0.501 e. The van der Waals surface area contributed by atoms with Gasteiger partial charge >= 0.3 is 5.51 Å². The standard InChI is InChI=1S/C15H21F3N2O2S/c1-11-10-19(2)9-8-14(11)20(3)12-4-6-13(7-5-12)23(21,22)15(16,17)18/h4-7,11,14H,8-10H2,1-3H3/t11-,14+/m0/s1. The molecule has 0 bridgehead atoms. The van der Waals surface area contributed by atoms with Gasteiger partial charge in [-0.25, -0.2) is 8.42 Å². The zero-order valence-electron chi connectivity index (χ0n) is 13.3. The molecule has 1 saturated heterocycles. The summed E-state index contributed by atoms with van der Waals surface area (Å²) in [5, 5.41) is 0. The Hall–Kier alpha value is -1.28. The number of rotatable bonds is 3. The first-order chi connectivity index (χ1) is 10.5. The van der Waals surface area contributed by atoms with E-state index in [0.717, 1.165) is 31.6 Å². The quantitative estimate of drug-likeness (QED) is 0.841. The van der Waals surface area contributed by atoms with E-state index in [2.05, 4.69) is 18.9 Å². The van der Waals surface area contributed by atoms with Crippen molar-refractivity contribution in [2.24, 2.45) is 5.92 Å². The Morgan fingerprint density at radius 3 is 2.26 bits per heavy atom. The van der Waals surface area contributed by atoms with Gasteiger partial charge in [-0.3, -0.25) is 0 Å². The summed E-state index contributed by atoms with van der Waals surface area (Å²) in [5.74, 6) is 0.414. The summed E-state index contributed by atoms with van der Waals surface area (Å²) in [7, 11) is -1.34. The van der Waals surface area contributed by atoms with Crippen LogP contribution in [0.15, 0.2) is 29.2 Å². The number of anilines is 1. The Bertz CT molecular complexity index is 644. The van der Waals surface area contributed by atoms with Crippen LogP contribution < -0.4 is 4.90 Å². The van der Waals surface area contributed by atoms with Crippen molar-refractivity contribution in [3.05, 3.63) is 24.3 Å². The maximum Gasteiger partial charge on any atom is 0.501 e. The van der Waals surface area contributed by atoms with Crippen LogP contribution in [-0.2, 0) is 9.84 Å². The smallest absolute Gasteiger partial charge is 0.371 e. The molecule has 0 spiro atoms. The molecule has 1 aromatic carbocycles. The van der Waals surface area contributed by atoms with Crippen molar-refractivity contribution in [3.63, 3.8) is 0 Å². The van der Waals surface area contributed by atoms with Gasteiger partial charge in [-0.15, -0.1) is 0 Å². The molecule has 0 radical (unpaired) electrons. The second-order valence-electron chi connectivity index (χ2n) is 6.15. The molecule has 0 amide bonds. The first-order valence-corrected chi connectivity index (χ1v) is 8.85. The molecule has 1 aliphatic rings. The zero-order chi connectivity index (χ0) is 17.4. The highest BCUT2D eigenvalue weighted by Gasteiger charge is 2.46. The van der Waals surface area contributed by atoms with E-state index >= 15 is 0 Å². The molecule has 8 heteroatoms. The van der Waals surface area contributed by atoms with E-state index < -0.39 is 20.2 Å². The summed E-state index contributed by atoms with van der Waals surface area (Å²) < 4.78 is 60.4. The van der Waals surface area contributed by atoms with Crippen LogP contribution in [0.4, 0.5) is 18.9 Å². The van der Waals surface area contributed by atoms with Gasteiger partial charge < -0.3 is 9.80 Å². The molecule has 1 fully saturated rings. The Kier molecular flexibility index (Phi) is 4.96. The number of likely N-dealkylation sites (tertiary alicyclic amines) is 1. The second kappa shape index (κ2) is 6.32. The lowest BCUT2D eigenvalue weighted by atomic mass is 9.92. The van der Waals surface area contributed by atoms with Crippen molar-refractivity contribution in [3.8, 4) is 0 Å². The highest BCUT2D eigenvalue weighted by Crippen LogP contribution is 2.32. The number of benzene rings is 1. The zero-order valence-corrected chi connectivity index (χ0v) is 14.2. The van der Waals surface area contributed by atoms with E-state index in [1.54, 1.807) is 0 Å². The van der Waals surface area contributed by atoms with Gasteiger partial charge in [0.1, 0.15) is 0 Å². The first kappa shape index (κ1) is 18.1. The van der Waals surface area contributed by atoms with Gasteiger partial charge in [0.05, 0.1) is 4.90 Å². The van der Waals surface area contributed by atoms with Crippen LogP contribution in [0.2, 0.25) is 0 Å². The lowest BCUT2D eigenvalue weighted by molar-refractivity contribution is -0.0436. The third-order valence-corrected chi connectivity index (χ3v) is 5.92. The minimum atomic E-state index is -5.29. The van der Waals surface area contributed by atoms with Crippen LogP contribution in [0.5, 0.6) is 0 Å². The fourth-order valence-electron chi connectivity index (χ4n) is 3.10. The maximum absolute atomic E-state index is 12.6. The van der Waals surface area contributed by atoms with E-state index in [4.69, 9.17) is 0 Å². The summed E-state index contributed by atoms with van der Waals surface area (Å²) in [6, 6.07) is 5.19. The predicted octanol–water partition coefficient (Wildman–Crippen LogP) is 2.76. The average molecular weight is 350 g/mol. The summed E-state index contributed by atoms with van der Waals surface area (Å²) >= 11 is 0. The van der Waals surface area contributed by atoms with E-state index in [1.165, 1.54) is 12.1 Å². The average Bonchev–Trinajstić information content (AvgIpc) is 2.45. The van der Waals surface area contributed by atoms with Crippen LogP contribution in [0.1, 0.15) is 13.3 Å². The molecule has 23 heavy (non-hydrogen) atoms. The summed E-state index contributed by atoms with van der Waals surface area (Å²) in [6.07, 6.45) is 0.955. The van der Waals surface area contributed by atoms with Crippen molar-refractivity contribution >= 4 is 15.5 Å². The highest BCUT2D eigenvalue weighted by atomic mass is 32.2. The lowest BCUT2D eigenvalue weighted by Crippen LogP contribution is -2.47. The number of nitrogens with zero attached hydrogens (tertiary/aromatic N) is 2. The molecule has 0 aromatic heterocycles. The van der Waals surface area contributed by atoms with Gasteiger partial charge in [-0.1, -0.05) is 6.92 Å². The SMILES string of the molecule is C[C@H]1CN(C)CC[C@H]1N(C)c1ccc(S(=O)(=O)C(F)(F)F)cc1. The maximum atomic E-state index is 12.6. The first-order valence-electron chi connectivity index (χ1n) is 7.37. The van der Waals surface area contributed by atoms with Crippen molar-refractivity contribution in [2.45, 2.75) is 29.8 Å². The van der Waals surface area contributed by atoms with Gasteiger partial charge in [-0.2, -0.15) is 13.2 Å². The van der Waals surface area contributed by atoms with Gasteiger partial charge in [0.25, 0.3) is 9.84 Å². The number of halogens is 3. The topological polar surface area (TPSA) is 40.6 Å². The molecule has 0 aliphatic carbocycles. The molecule has 1 heterocycles. The van der Waals surface area contributed by atoms with Crippen molar-refractivity contribution in [2.75, 3.05) is 32.1 Å². The Morgan fingerprint density at radius 1 is 1.22 bits per heavy atom. The van der Waals surface area contributed by atoms with E-state index in [9.17, 15) is 21.6 Å². The molecule has 2 rings (SSSR count). The van der Waals surface area contributed by atoms with Crippen molar-refractivity contribution in [1.29, 1.82) is 0 Å². The van der Waals surface area contributed by atoms with E-state index in [-0.39, 0.29) is 6.04 Å². The van der Waals surface area contributed by atoms with Crippen molar-refractivity contribution in [1.82, 2.24) is 4.90 Å². The van der Waals surface area contributed by atoms with Crippen LogP contribution in [0.3, 0.4) is 0 Å². The molecular formula is C15H21F3N2O2S. The highest BCUT2D eigenvalue weighted by molar-refractivity contribution is 7.92. The van der Waals surface area contributed by atoms with Gasteiger partial charge in [0.2, 0.25) is 0 Å². The normalized spacial score (nSPS) is 23.7. The van der Waals surface area contributed by atoms with E-state index in [0.29, 0.717) is 11.6 Å². The van der Waals surface area contributed by atoms with Crippen LogP contribution in [0, 0.1) is 5.92 Å². The Balaban J connectivity index is 2.20. The third kappa shape index (κ3) is 3.63. The second-order valence-corrected chi connectivity index (χ2v) is 8.09. The molecular weight excluding hydrogens is 329 g/mol. The van der Waals surface area contributed by atoms with Gasteiger partial charge in [0, 0.05) is 25.3 Å². The molecule has 0 unspecified atom stereocenters. The molecule has 130 valence electrons. The number of sulfone groups is 1. The minimum absolute atomic E-state index is 0.274. The third-order valence-electron chi connectivity index (χ3n) is 4.42. The molecule has 1 aliphatic heterocycles. The Labute approximate surface area is 134 Å². The molecule has 2 atom stereocenters. The minimum Gasteiger partial charge on any atom is -0.371 e. The predicted molar refractivity (Wildman–Crippen MR) is 83.2 cm³/mol. The van der Waals surface area contributed by atoms with Gasteiger partial charge in [0.15, 0.2) is 0 Å². The van der Waals surface area contributed by atoms with Gasteiger partial charge in [-0.05, 0) is 50.2 Å². The lowest BCUT2D eigenvalue weighted by Gasteiger charge is -2.41. The fraction of sp³-hybridized carbons (Fsp3) is 0.600. The molecule has 0 saturated carbocycles. The monoisotopic (exact) mass is 350 g/mol. The number of hydrogen-bond acceptors (Lipinski definition) is 4. The van der Waals surface area contributed by atoms with E-state index in [1.807, 2.05) is 11.9 Å². The molecule has 4 nitrogen and oxygen atoms in total. The number of alkyl halides is 3. The Morgan fingerprint density at radius 2 is 1.78 bits per heavy atom. The molecule has 1 aromatic rings. The van der Waals surface area contributed by atoms with Crippen molar-refractivity contribution < 1.29 is 21.6 Å². The molecule has 0 N–H and O–H groups in total. The van der Waals surface area contributed by atoms with Crippen LogP contribution >= 0.6 is 0 Å².